The number of pyridine rings is 1. The molecule has 2 aromatic rings. The Labute approximate surface area is 238 Å². The zero-order valence-electron chi connectivity index (χ0n) is 22.5. The summed E-state index contributed by atoms with van der Waals surface area (Å²) in [7, 11) is 0.354. The number of thioether (sulfide) groups is 1. The molecule has 9 nitrogen and oxygen atoms in total. The van der Waals surface area contributed by atoms with Crippen molar-refractivity contribution in [2.45, 2.75) is 49.1 Å². The second-order valence-corrected chi connectivity index (χ2v) is 14.2. The van der Waals surface area contributed by atoms with Gasteiger partial charge in [-0.05, 0) is 19.9 Å². The summed E-state index contributed by atoms with van der Waals surface area (Å²) in [6, 6.07) is 1.04. The van der Waals surface area contributed by atoms with Crippen molar-refractivity contribution < 1.29 is 35.9 Å². The molecule has 2 aliphatic heterocycles. The van der Waals surface area contributed by atoms with Gasteiger partial charge in [0.15, 0.2) is 0 Å². The van der Waals surface area contributed by atoms with Gasteiger partial charge >= 0.3 is 12.4 Å². The lowest BCUT2D eigenvalue weighted by atomic mass is 10.1. The van der Waals surface area contributed by atoms with Gasteiger partial charge in [0, 0.05) is 57.8 Å². The van der Waals surface area contributed by atoms with Crippen molar-refractivity contribution in [1.29, 1.82) is 0 Å². The second kappa shape index (κ2) is 11.8. The number of piperazine rings is 1. The Morgan fingerprint density at radius 3 is 2.63 bits per heavy atom. The van der Waals surface area contributed by atoms with E-state index in [1.54, 1.807) is 16.9 Å². The number of aromatic nitrogens is 3. The number of aromatic amines is 1. The number of rotatable bonds is 7. The molecule has 3 atom stereocenters. The van der Waals surface area contributed by atoms with Crippen LogP contribution < -0.4 is 15.8 Å². The lowest BCUT2D eigenvalue weighted by Gasteiger charge is -2.41. The molecule has 0 bridgehead atoms. The Hall–Kier alpha value is -2.79. The Morgan fingerprint density at radius 1 is 1.22 bits per heavy atom. The molecule has 1 unspecified atom stereocenters. The van der Waals surface area contributed by atoms with E-state index in [0.717, 1.165) is 18.5 Å². The molecule has 4 heterocycles. The fraction of sp³-hybridized carbons (Fsp3) is 0.583. The minimum atomic E-state index is -4.87. The van der Waals surface area contributed by atoms with E-state index in [2.05, 4.69) is 15.4 Å². The summed E-state index contributed by atoms with van der Waals surface area (Å²) < 4.78 is 85.4. The number of amides is 1. The highest BCUT2D eigenvalue weighted by Crippen LogP contribution is 2.42. The normalized spacial score (nSPS) is 21.1. The molecule has 226 valence electrons. The molecular weight excluding hydrogens is 594 g/mol. The van der Waals surface area contributed by atoms with Crippen LogP contribution in [0.25, 0.3) is 0 Å². The molecule has 0 aromatic carbocycles. The summed E-state index contributed by atoms with van der Waals surface area (Å²) in [5.74, 6) is 0.966. The fourth-order valence-electron chi connectivity index (χ4n) is 4.84. The molecule has 41 heavy (non-hydrogen) atoms. The highest BCUT2D eigenvalue weighted by Gasteiger charge is 2.39. The van der Waals surface area contributed by atoms with Crippen molar-refractivity contribution in [3.05, 3.63) is 45.5 Å². The number of halogens is 6. The van der Waals surface area contributed by atoms with Gasteiger partial charge in [0.05, 0.1) is 43.1 Å². The van der Waals surface area contributed by atoms with Gasteiger partial charge in [0.25, 0.3) is 5.56 Å². The third-order valence-electron chi connectivity index (χ3n) is 6.84. The van der Waals surface area contributed by atoms with Gasteiger partial charge < -0.3 is 19.9 Å². The number of hydrogen-bond donors (Lipinski definition) is 2. The average molecular weight is 625 g/mol. The summed E-state index contributed by atoms with van der Waals surface area (Å²) in [6.45, 7) is 4.71. The third-order valence-corrected chi connectivity index (χ3v) is 8.71. The van der Waals surface area contributed by atoms with Gasteiger partial charge in [-0.15, -0.1) is 0 Å². The topological polar surface area (TPSA) is 103 Å². The lowest BCUT2D eigenvalue weighted by molar-refractivity contribution is -0.138. The second-order valence-electron chi connectivity index (χ2n) is 10.6. The van der Waals surface area contributed by atoms with E-state index in [4.69, 9.17) is 4.74 Å². The maximum Gasteiger partial charge on any atom is 0.423 e. The van der Waals surface area contributed by atoms with Crippen LogP contribution in [0.4, 0.5) is 37.8 Å². The van der Waals surface area contributed by atoms with Crippen molar-refractivity contribution in [1.82, 2.24) is 20.1 Å². The first kappa shape index (κ1) is 31.1. The number of hydrogen-bond acceptors (Lipinski definition) is 8. The van der Waals surface area contributed by atoms with E-state index in [0.29, 0.717) is 47.0 Å². The zero-order valence-corrected chi connectivity index (χ0v) is 25.3. The Bertz CT molecular complexity index is 1320. The maximum absolute atomic E-state index is 13.3. The van der Waals surface area contributed by atoms with Crippen LogP contribution in [0.5, 0.6) is 0 Å². The van der Waals surface area contributed by atoms with Gasteiger partial charge in [-0.2, -0.15) is 43.2 Å². The van der Waals surface area contributed by atoms with Crippen molar-refractivity contribution in [3.8, 4) is 0 Å². The minimum absolute atomic E-state index is 0.00387. The summed E-state index contributed by atoms with van der Waals surface area (Å²) in [6.07, 6.45) is -7.55. The van der Waals surface area contributed by atoms with Crippen LogP contribution in [-0.2, 0) is 21.9 Å². The van der Waals surface area contributed by atoms with E-state index in [1.807, 2.05) is 11.8 Å². The highest BCUT2D eigenvalue weighted by molar-refractivity contribution is 7.99. The van der Waals surface area contributed by atoms with Crippen LogP contribution >= 0.6 is 11.8 Å². The van der Waals surface area contributed by atoms with Crippen LogP contribution in [0.15, 0.2) is 23.3 Å². The van der Waals surface area contributed by atoms with Crippen LogP contribution in [-0.4, -0.2) is 86.0 Å². The molecule has 0 saturated carbocycles. The van der Waals surface area contributed by atoms with Crippen LogP contribution in [0.2, 0.25) is 0 Å². The number of H-pyrrole nitrogens is 1. The van der Waals surface area contributed by atoms with Crippen molar-refractivity contribution in [2.75, 3.05) is 48.8 Å². The van der Waals surface area contributed by atoms with Gasteiger partial charge in [-0.1, -0.05) is 0 Å². The molecule has 0 spiro atoms. The first-order chi connectivity index (χ1) is 19.1. The van der Waals surface area contributed by atoms with E-state index >= 15 is 0 Å². The average Bonchev–Trinajstić information content (AvgIpc) is 3.01. The minimum Gasteiger partial charge on any atom is -0.379 e. The summed E-state index contributed by atoms with van der Waals surface area (Å²) in [5, 5.41) is 6.87. The molecule has 1 amide bonds. The number of ether oxygens (including phenoxy) is 1. The number of nitrogens with zero attached hydrogens (tertiary/aromatic N) is 4. The Balaban J connectivity index is 1.31. The molecule has 17 heteroatoms. The number of fused-ring (bicyclic) bond motifs is 3. The van der Waals surface area contributed by atoms with Crippen molar-refractivity contribution >= 4 is 39.4 Å². The lowest BCUT2D eigenvalue weighted by Crippen LogP contribution is -2.56. The largest absolute Gasteiger partial charge is 0.423 e. The summed E-state index contributed by atoms with van der Waals surface area (Å²) in [4.78, 5) is 32.5. The van der Waals surface area contributed by atoms with E-state index in [1.165, 1.54) is 11.8 Å². The van der Waals surface area contributed by atoms with Gasteiger partial charge in [0.2, 0.25) is 5.91 Å². The number of carbonyl (C=O) groups excluding carboxylic acids is 1. The van der Waals surface area contributed by atoms with Crippen molar-refractivity contribution in [3.63, 3.8) is 0 Å². The predicted octanol–water partition coefficient (Wildman–Crippen LogP) is 2.63. The van der Waals surface area contributed by atoms with E-state index in [-0.39, 0.29) is 36.8 Å². The quantitative estimate of drug-likeness (QED) is 0.276. The summed E-state index contributed by atoms with van der Waals surface area (Å²) >= 11 is 1.52. The smallest absolute Gasteiger partial charge is 0.379 e. The maximum atomic E-state index is 13.3. The van der Waals surface area contributed by atoms with E-state index < -0.39 is 39.9 Å². The molecule has 1 fully saturated rings. The standard InChI is InChI=1S/C24H30F6N6O3SSi/c1-13-16-7-14(23(25,26)27)8-31-20(16)36-5-4-35(10-15(36)11-40-13)18(37)3-6-39-12-22(2,41)33-17-9-32-34-21(38)19(17)24(28,29)30/h7-9,13,15H,3-6,10-12H2,1-2,41H3,(H2,33,34,38)/t13?,15-,22+/m1/s1. The SMILES string of the molecule is CC1SC[C@H]2CN(C(=O)CCOC[C@](C)([SiH3])Nc3cn[nH]c(=O)c3C(F)(F)F)CCN2c2ncc(C(F)(F)F)cc21. The number of anilines is 2. The highest BCUT2D eigenvalue weighted by atomic mass is 32.2. The van der Waals surface area contributed by atoms with Crippen LogP contribution in [0, 0.1) is 0 Å². The molecule has 2 aromatic heterocycles. The zero-order chi connectivity index (χ0) is 30.2. The fourth-order valence-corrected chi connectivity index (χ4v) is 6.46. The number of nitrogens with one attached hydrogen (secondary N) is 2. The molecule has 2 N–H and O–H groups in total. The molecule has 1 saturated heterocycles. The summed E-state index contributed by atoms with van der Waals surface area (Å²) in [5.41, 5.74) is -3.42. The number of carbonyl (C=O) groups is 1. The molecule has 2 aliphatic rings. The van der Waals surface area contributed by atoms with Gasteiger partial charge in [-0.25, -0.2) is 10.1 Å². The molecule has 4 rings (SSSR count). The van der Waals surface area contributed by atoms with Gasteiger partial charge in [-0.3, -0.25) is 9.59 Å². The number of alkyl halides is 6. The van der Waals surface area contributed by atoms with Gasteiger partial charge in [0.1, 0.15) is 11.4 Å². The monoisotopic (exact) mass is 624 g/mol. The molecule has 0 aliphatic carbocycles. The molecule has 0 radical (unpaired) electrons. The Kier molecular flexibility index (Phi) is 8.99. The van der Waals surface area contributed by atoms with E-state index in [9.17, 15) is 35.9 Å². The van der Waals surface area contributed by atoms with Crippen LogP contribution in [0.3, 0.4) is 0 Å². The molecular formula is C24H30F6N6O3SSi. The first-order valence-corrected chi connectivity index (χ1v) is 14.9. The first-order valence-electron chi connectivity index (χ1n) is 12.8. The predicted molar refractivity (Wildman–Crippen MR) is 145 cm³/mol. The van der Waals surface area contributed by atoms with Crippen molar-refractivity contribution in [2.24, 2.45) is 0 Å². The van der Waals surface area contributed by atoms with Crippen LogP contribution in [0.1, 0.15) is 42.2 Å². The third kappa shape index (κ3) is 7.35. The Morgan fingerprint density at radius 2 is 1.95 bits per heavy atom.